The molecule has 0 spiro atoms. The molecule has 17 heavy (non-hydrogen) atoms. The molecule has 0 unspecified atom stereocenters. The van der Waals surface area contributed by atoms with E-state index in [1.54, 1.807) is 0 Å². The van der Waals surface area contributed by atoms with E-state index >= 15 is 0 Å². The summed E-state index contributed by atoms with van der Waals surface area (Å²) < 4.78 is 0. The van der Waals surface area contributed by atoms with E-state index in [-0.39, 0.29) is 0 Å². The number of hydrogen-bond acceptors (Lipinski definition) is 2. The summed E-state index contributed by atoms with van der Waals surface area (Å²) in [6.45, 7) is 2.95. The predicted octanol–water partition coefficient (Wildman–Crippen LogP) is 3.59. The van der Waals surface area contributed by atoms with Crippen LogP contribution >= 0.6 is 11.6 Å². The van der Waals surface area contributed by atoms with E-state index in [0.717, 1.165) is 11.6 Å². The molecule has 0 aliphatic heterocycles. The summed E-state index contributed by atoms with van der Waals surface area (Å²) >= 11 is 5.94. The van der Waals surface area contributed by atoms with Gasteiger partial charge in [0.1, 0.15) is 0 Å². The van der Waals surface area contributed by atoms with E-state index in [4.69, 9.17) is 11.6 Å². The van der Waals surface area contributed by atoms with Crippen molar-refractivity contribution in [2.45, 2.75) is 19.5 Å². The molecular weight excluding hydrogens is 232 g/mol. The zero-order chi connectivity index (χ0) is 12.1. The van der Waals surface area contributed by atoms with Crippen molar-refractivity contribution in [1.29, 1.82) is 0 Å². The van der Waals surface area contributed by atoms with Gasteiger partial charge in [-0.1, -0.05) is 23.7 Å². The highest BCUT2D eigenvalue weighted by Gasteiger charge is 2.03. The van der Waals surface area contributed by atoms with Crippen LogP contribution in [0.1, 0.15) is 24.1 Å². The molecule has 1 N–H and O–H groups in total. The van der Waals surface area contributed by atoms with Crippen molar-refractivity contribution >= 4 is 11.6 Å². The Kier molecular flexibility index (Phi) is 4.13. The van der Waals surface area contributed by atoms with Gasteiger partial charge < -0.3 is 5.32 Å². The Hall–Kier alpha value is -1.38. The summed E-state index contributed by atoms with van der Waals surface area (Å²) in [7, 11) is 0. The predicted molar refractivity (Wildman–Crippen MR) is 70.9 cm³/mol. The molecule has 88 valence electrons. The molecule has 2 nitrogen and oxygen atoms in total. The number of aromatic nitrogens is 1. The summed E-state index contributed by atoms with van der Waals surface area (Å²) in [5, 5.41) is 4.23. The van der Waals surface area contributed by atoms with E-state index in [1.807, 2.05) is 42.7 Å². The maximum atomic E-state index is 5.94. The molecule has 0 aliphatic carbocycles. The number of benzene rings is 1. The van der Waals surface area contributed by atoms with Crippen molar-refractivity contribution in [3.8, 4) is 0 Å². The van der Waals surface area contributed by atoms with E-state index in [0.29, 0.717) is 6.04 Å². The van der Waals surface area contributed by atoms with Gasteiger partial charge in [-0.25, -0.2) is 0 Å². The molecule has 1 atom stereocenters. The monoisotopic (exact) mass is 246 g/mol. The smallest absolute Gasteiger partial charge is 0.0409 e. The molecule has 2 rings (SSSR count). The molecule has 3 heteroatoms. The Bertz CT molecular complexity index is 471. The second kappa shape index (κ2) is 5.80. The largest absolute Gasteiger partial charge is 0.306 e. The van der Waals surface area contributed by atoms with E-state index < -0.39 is 0 Å². The van der Waals surface area contributed by atoms with Gasteiger partial charge in [-0.3, -0.25) is 4.98 Å². The lowest BCUT2D eigenvalue weighted by molar-refractivity contribution is 0.574. The van der Waals surface area contributed by atoms with Crippen LogP contribution in [0.3, 0.4) is 0 Å². The van der Waals surface area contributed by atoms with Gasteiger partial charge in [-0.15, -0.1) is 0 Å². The Balaban J connectivity index is 1.95. The van der Waals surface area contributed by atoms with Crippen LogP contribution in [0.4, 0.5) is 0 Å². The van der Waals surface area contributed by atoms with Gasteiger partial charge in [-0.05, 0) is 42.3 Å². The van der Waals surface area contributed by atoms with E-state index in [1.165, 1.54) is 11.1 Å². The first-order valence-electron chi connectivity index (χ1n) is 5.63. The van der Waals surface area contributed by atoms with Crippen molar-refractivity contribution < 1.29 is 0 Å². The molecule has 0 bridgehead atoms. The SMILES string of the molecule is C[C@H](NCc1cccc(Cl)c1)c1ccncc1. The highest BCUT2D eigenvalue weighted by Crippen LogP contribution is 2.14. The molecule has 1 aromatic heterocycles. The molecule has 0 saturated carbocycles. The molecule has 0 saturated heterocycles. The van der Waals surface area contributed by atoms with Crippen molar-refractivity contribution in [2.75, 3.05) is 0 Å². The van der Waals surface area contributed by atoms with Gasteiger partial charge in [0.15, 0.2) is 0 Å². The minimum atomic E-state index is 0.303. The van der Waals surface area contributed by atoms with Crippen LogP contribution in [0, 0.1) is 0 Å². The fraction of sp³-hybridized carbons (Fsp3) is 0.214. The lowest BCUT2D eigenvalue weighted by atomic mass is 10.1. The highest BCUT2D eigenvalue weighted by molar-refractivity contribution is 6.30. The second-order valence-corrected chi connectivity index (χ2v) is 4.45. The Labute approximate surface area is 107 Å². The molecule has 2 aromatic rings. The van der Waals surface area contributed by atoms with Gasteiger partial charge in [0.25, 0.3) is 0 Å². The highest BCUT2D eigenvalue weighted by atomic mass is 35.5. The van der Waals surface area contributed by atoms with Gasteiger partial charge >= 0.3 is 0 Å². The maximum Gasteiger partial charge on any atom is 0.0409 e. The molecule has 1 aromatic carbocycles. The number of nitrogens with zero attached hydrogens (tertiary/aromatic N) is 1. The third kappa shape index (κ3) is 3.55. The topological polar surface area (TPSA) is 24.9 Å². The van der Waals surface area contributed by atoms with Crippen molar-refractivity contribution in [3.63, 3.8) is 0 Å². The molecule has 0 radical (unpaired) electrons. The summed E-state index contributed by atoms with van der Waals surface area (Å²) in [5.74, 6) is 0. The molecule has 0 amide bonds. The third-order valence-corrected chi connectivity index (χ3v) is 2.94. The standard InChI is InChI=1S/C14H15ClN2/c1-11(13-5-7-16-8-6-13)17-10-12-3-2-4-14(15)9-12/h2-9,11,17H,10H2,1H3/t11-/m0/s1. The first-order valence-corrected chi connectivity index (χ1v) is 6.01. The zero-order valence-corrected chi connectivity index (χ0v) is 10.5. The van der Waals surface area contributed by atoms with Crippen molar-refractivity contribution in [2.24, 2.45) is 0 Å². The Morgan fingerprint density at radius 3 is 2.71 bits per heavy atom. The fourth-order valence-electron chi connectivity index (χ4n) is 1.69. The van der Waals surface area contributed by atoms with Crippen LogP contribution in [0.15, 0.2) is 48.8 Å². The second-order valence-electron chi connectivity index (χ2n) is 4.01. The van der Waals surface area contributed by atoms with Crippen molar-refractivity contribution in [1.82, 2.24) is 10.3 Å². The normalized spacial score (nSPS) is 12.4. The van der Waals surface area contributed by atoms with E-state index in [9.17, 15) is 0 Å². The first kappa shape index (κ1) is 12.1. The van der Waals surface area contributed by atoms with Crippen LogP contribution < -0.4 is 5.32 Å². The lowest BCUT2D eigenvalue weighted by Crippen LogP contribution is -2.17. The molecule has 0 fully saturated rings. The zero-order valence-electron chi connectivity index (χ0n) is 9.73. The minimum absolute atomic E-state index is 0.303. The molecule has 0 aliphatic rings. The maximum absolute atomic E-state index is 5.94. The lowest BCUT2D eigenvalue weighted by Gasteiger charge is -2.14. The average Bonchev–Trinajstić information content (AvgIpc) is 2.37. The van der Waals surface area contributed by atoms with Crippen LogP contribution in [0.25, 0.3) is 0 Å². The van der Waals surface area contributed by atoms with Crippen LogP contribution in [0.2, 0.25) is 5.02 Å². The molecular formula is C14H15ClN2. The van der Waals surface area contributed by atoms with Gasteiger partial charge in [0.05, 0.1) is 0 Å². The quantitative estimate of drug-likeness (QED) is 0.892. The van der Waals surface area contributed by atoms with Crippen LogP contribution in [0.5, 0.6) is 0 Å². The number of hydrogen-bond donors (Lipinski definition) is 1. The molecule has 1 heterocycles. The van der Waals surface area contributed by atoms with Crippen LogP contribution in [-0.2, 0) is 6.54 Å². The minimum Gasteiger partial charge on any atom is -0.306 e. The van der Waals surface area contributed by atoms with Crippen LogP contribution in [-0.4, -0.2) is 4.98 Å². The Morgan fingerprint density at radius 1 is 1.24 bits per heavy atom. The number of rotatable bonds is 4. The summed E-state index contributed by atoms with van der Waals surface area (Å²) in [5.41, 5.74) is 2.43. The number of nitrogens with one attached hydrogen (secondary N) is 1. The van der Waals surface area contributed by atoms with E-state index in [2.05, 4.69) is 23.3 Å². The average molecular weight is 247 g/mol. The van der Waals surface area contributed by atoms with Gasteiger partial charge in [0.2, 0.25) is 0 Å². The summed E-state index contributed by atoms with van der Waals surface area (Å²) in [6.07, 6.45) is 3.62. The first-order chi connectivity index (χ1) is 8.25. The number of halogens is 1. The van der Waals surface area contributed by atoms with Gasteiger partial charge in [0, 0.05) is 30.0 Å². The number of pyridine rings is 1. The van der Waals surface area contributed by atoms with Gasteiger partial charge in [-0.2, -0.15) is 0 Å². The fourth-order valence-corrected chi connectivity index (χ4v) is 1.90. The summed E-state index contributed by atoms with van der Waals surface area (Å²) in [4.78, 5) is 4.01. The van der Waals surface area contributed by atoms with Crippen molar-refractivity contribution in [3.05, 3.63) is 64.9 Å². The Morgan fingerprint density at radius 2 is 2.00 bits per heavy atom. The summed E-state index contributed by atoms with van der Waals surface area (Å²) in [6, 6.07) is 12.3. The third-order valence-electron chi connectivity index (χ3n) is 2.71.